The number of fused-ring (bicyclic) bond motifs is 9. The molecule has 52 heavy (non-hydrogen) atoms. The van der Waals surface area contributed by atoms with E-state index >= 15 is 0 Å². The van der Waals surface area contributed by atoms with Gasteiger partial charge in [-0.05, 0) is 141 Å². The summed E-state index contributed by atoms with van der Waals surface area (Å²) in [6.07, 6.45) is 5.01. The summed E-state index contributed by atoms with van der Waals surface area (Å²) < 4.78 is 26.6. The molecule has 0 saturated heterocycles. The number of hydrogen-bond acceptors (Lipinski definition) is 2. The van der Waals surface area contributed by atoms with Crippen LogP contribution in [-0.2, 0) is 16.2 Å². The lowest BCUT2D eigenvalue weighted by atomic mass is 9.33. The molecule has 5 aromatic rings. The summed E-state index contributed by atoms with van der Waals surface area (Å²) in [7, 11) is 0. The van der Waals surface area contributed by atoms with Gasteiger partial charge in [-0.25, -0.2) is 0 Å². The topological polar surface area (TPSA) is 6.48 Å². The van der Waals surface area contributed by atoms with Gasteiger partial charge in [0, 0.05) is 44.0 Å². The van der Waals surface area contributed by atoms with Crippen molar-refractivity contribution in [2.75, 3.05) is 9.80 Å². The van der Waals surface area contributed by atoms with Gasteiger partial charge in [0.05, 0.1) is 0 Å². The van der Waals surface area contributed by atoms with Crippen LogP contribution in [0.2, 0.25) is 0 Å². The normalized spacial score (nSPS) is 23.0. The summed E-state index contributed by atoms with van der Waals surface area (Å²) >= 11 is 0. The molecule has 0 spiro atoms. The number of aryl methyl sites for hydroxylation is 1. The van der Waals surface area contributed by atoms with Crippen LogP contribution in [0.1, 0.15) is 113 Å². The minimum absolute atomic E-state index is 0.0217. The van der Waals surface area contributed by atoms with Gasteiger partial charge in [-0.15, -0.1) is 0 Å². The average molecular weight is 684 g/mol. The van der Waals surface area contributed by atoms with Crippen molar-refractivity contribution in [3.05, 3.63) is 119 Å². The highest BCUT2D eigenvalue weighted by molar-refractivity contribution is 7.00. The van der Waals surface area contributed by atoms with E-state index in [9.17, 15) is 0 Å². The summed E-state index contributed by atoms with van der Waals surface area (Å²) in [5.41, 5.74) is 17.5. The molecule has 262 valence electrons. The van der Waals surface area contributed by atoms with Crippen LogP contribution in [-0.4, -0.2) is 12.8 Å². The molecule has 0 N–H and O–H groups in total. The first-order valence-electron chi connectivity index (χ1n) is 21.2. The molecule has 3 atom stereocenters. The van der Waals surface area contributed by atoms with E-state index in [1.54, 1.807) is 0 Å². The minimum atomic E-state index is -2.26. The molecule has 2 bridgehead atoms. The highest BCUT2D eigenvalue weighted by Crippen LogP contribution is 2.53. The first-order chi connectivity index (χ1) is 25.9. The maximum Gasteiger partial charge on any atom is 0.252 e. The fourth-order valence-corrected chi connectivity index (χ4v) is 11.0. The highest BCUT2D eigenvalue weighted by Gasteiger charge is 2.49. The van der Waals surface area contributed by atoms with Crippen molar-refractivity contribution >= 4 is 51.5 Å². The van der Waals surface area contributed by atoms with Crippen molar-refractivity contribution < 1.29 is 4.11 Å². The molecule has 0 aromatic heterocycles. The molecule has 3 aliphatic carbocycles. The molecular weight excluding hydrogens is 627 g/mol. The van der Waals surface area contributed by atoms with Crippen molar-refractivity contribution in [1.82, 2.24) is 0 Å². The molecule has 3 unspecified atom stereocenters. The van der Waals surface area contributed by atoms with Crippen molar-refractivity contribution in [1.29, 1.82) is 0 Å². The van der Waals surface area contributed by atoms with Crippen molar-refractivity contribution in [2.45, 2.75) is 110 Å². The summed E-state index contributed by atoms with van der Waals surface area (Å²) in [6, 6.07) is 34.5. The third-order valence-corrected chi connectivity index (χ3v) is 13.7. The van der Waals surface area contributed by atoms with E-state index in [2.05, 4.69) is 150 Å². The van der Waals surface area contributed by atoms with E-state index in [0.717, 1.165) is 35.1 Å². The van der Waals surface area contributed by atoms with Crippen LogP contribution < -0.4 is 26.2 Å². The van der Waals surface area contributed by atoms with Crippen molar-refractivity contribution in [2.24, 2.45) is 11.8 Å². The van der Waals surface area contributed by atoms with Gasteiger partial charge in [-0.1, -0.05) is 116 Å². The Morgan fingerprint density at radius 1 is 0.673 bits per heavy atom. The smallest absolute Gasteiger partial charge is 0.252 e. The van der Waals surface area contributed by atoms with E-state index < -0.39 is 6.85 Å². The van der Waals surface area contributed by atoms with Crippen LogP contribution in [0.3, 0.4) is 0 Å². The number of hydrogen-bond donors (Lipinski definition) is 0. The molecule has 2 nitrogen and oxygen atoms in total. The first kappa shape index (κ1) is 29.2. The Morgan fingerprint density at radius 3 is 2.02 bits per heavy atom. The second-order valence-electron chi connectivity index (χ2n) is 19.3. The number of anilines is 5. The minimum Gasteiger partial charge on any atom is -0.339 e. The Hall–Kier alpha value is -4.24. The molecule has 2 saturated carbocycles. The molecule has 0 amide bonds. The zero-order valence-electron chi connectivity index (χ0n) is 35.2. The number of benzene rings is 5. The maximum absolute atomic E-state index is 8.87. The van der Waals surface area contributed by atoms with Gasteiger partial charge in [0.15, 0.2) is 0 Å². The molecule has 2 heterocycles. The predicted octanol–water partition coefficient (Wildman–Crippen LogP) is 10.8. The molecule has 0 radical (unpaired) electrons. The lowest BCUT2D eigenvalue weighted by molar-refractivity contribution is 0.413. The Labute approximate surface area is 316 Å². The molecule has 2 fully saturated rings. The summed E-state index contributed by atoms with van der Waals surface area (Å²) in [5.74, 6) is 1.36. The van der Waals surface area contributed by atoms with E-state index in [1.807, 2.05) is 6.07 Å². The van der Waals surface area contributed by atoms with Gasteiger partial charge in [-0.3, -0.25) is 0 Å². The van der Waals surface area contributed by atoms with Crippen LogP contribution in [0.15, 0.2) is 91.0 Å². The van der Waals surface area contributed by atoms with Gasteiger partial charge < -0.3 is 9.80 Å². The summed E-state index contributed by atoms with van der Waals surface area (Å²) in [5, 5.41) is 0. The lowest BCUT2D eigenvalue weighted by Crippen LogP contribution is -2.63. The number of nitrogens with zero attached hydrogens (tertiary/aromatic N) is 2. The van der Waals surface area contributed by atoms with Gasteiger partial charge >= 0.3 is 0 Å². The summed E-state index contributed by atoms with van der Waals surface area (Å²) in [6.45, 7) is 16.2. The first-order valence-corrected chi connectivity index (χ1v) is 19.7. The van der Waals surface area contributed by atoms with Crippen LogP contribution in [0.5, 0.6) is 0 Å². The van der Waals surface area contributed by atoms with Gasteiger partial charge in [0.2, 0.25) is 0 Å². The predicted molar refractivity (Wildman–Crippen MR) is 223 cm³/mol. The average Bonchev–Trinajstić information content (AvgIpc) is 3.82. The zero-order chi connectivity index (χ0) is 38.6. The molecular formula is C49H53BN2. The van der Waals surface area contributed by atoms with Crippen molar-refractivity contribution in [3.63, 3.8) is 0 Å². The van der Waals surface area contributed by atoms with Crippen LogP contribution in [0, 0.1) is 18.7 Å². The Balaban J connectivity index is 1.29. The van der Waals surface area contributed by atoms with E-state index in [1.165, 1.54) is 74.7 Å². The molecule has 2 aliphatic heterocycles. The van der Waals surface area contributed by atoms with Gasteiger partial charge in [-0.2, -0.15) is 0 Å². The van der Waals surface area contributed by atoms with Gasteiger partial charge in [0.25, 0.3) is 6.71 Å². The van der Waals surface area contributed by atoms with Crippen molar-refractivity contribution in [3.8, 4) is 11.1 Å². The number of rotatable bonds is 2. The summed E-state index contributed by atoms with van der Waals surface area (Å²) in [4.78, 5) is 5.05. The van der Waals surface area contributed by atoms with E-state index in [4.69, 9.17) is 4.11 Å². The third kappa shape index (κ3) is 4.50. The lowest BCUT2D eigenvalue weighted by Gasteiger charge is -2.48. The van der Waals surface area contributed by atoms with Gasteiger partial charge in [0.1, 0.15) is 0 Å². The SMILES string of the molecule is [2H]C([2H])([2H])c1cc2c3c(c1)N(C1CC4CCC1C4)c1ccc(C(C)(C)C)cc1B3c1cc(C(C)(C)C)ccc1N2c1ccc2c(c1)C(C)(C)c1ccccc1-2. The van der Waals surface area contributed by atoms with E-state index in [-0.39, 0.29) is 23.0 Å². The monoisotopic (exact) mass is 683 g/mol. The highest BCUT2D eigenvalue weighted by atomic mass is 15.2. The Kier molecular flexibility index (Phi) is 6.01. The third-order valence-electron chi connectivity index (χ3n) is 13.7. The molecule has 5 aromatic carbocycles. The standard InChI is InChI=1S/C49H53BN2/c1-29-22-44-46-45(23-29)52(43-25-30-14-15-31(43)24-30)42-21-17-33(48(5,6)7)27-40(42)50(46)39-26-32(47(2,3)4)16-20-41(39)51(44)34-18-19-36-35-12-10-11-13-37(35)49(8,9)38(36)28-34/h10-13,16-23,26-28,30-31,43H,14-15,24-25H2,1-9H3/i1D3. The largest absolute Gasteiger partial charge is 0.339 e. The molecule has 3 heteroatoms. The molecule has 5 aliphatic rings. The quantitative estimate of drug-likeness (QED) is 0.168. The fourth-order valence-electron chi connectivity index (χ4n) is 11.0. The second kappa shape index (κ2) is 10.7. The molecule has 10 rings (SSSR count). The fraction of sp³-hybridized carbons (Fsp3) is 0.388. The second-order valence-corrected chi connectivity index (χ2v) is 19.3. The van der Waals surface area contributed by atoms with Crippen LogP contribution in [0.4, 0.5) is 28.4 Å². The Morgan fingerprint density at radius 2 is 1.35 bits per heavy atom. The van der Waals surface area contributed by atoms with Crippen LogP contribution in [0.25, 0.3) is 11.1 Å². The van der Waals surface area contributed by atoms with Crippen LogP contribution >= 0.6 is 0 Å². The zero-order valence-corrected chi connectivity index (χ0v) is 32.2. The Bertz CT molecular complexity index is 2430. The van der Waals surface area contributed by atoms with E-state index in [0.29, 0.717) is 17.5 Å². The maximum atomic E-state index is 8.87.